The summed E-state index contributed by atoms with van der Waals surface area (Å²) < 4.78 is 17.9. The molecular weight excluding hydrogens is 378 g/mol. The van der Waals surface area contributed by atoms with Gasteiger partial charge in [0.05, 0.1) is 6.61 Å². The number of carbonyl (C=O) groups excluding carboxylic acids is 2. The number of carbonyl (C=O) groups is 2. The Labute approximate surface area is 169 Å². The van der Waals surface area contributed by atoms with Crippen molar-refractivity contribution in [3.8, 4) is 5.75 Å². The lowest BCUT2D eigenvalue weighted by atomic mass is 10.1. The number of rotatable bonds is 4. The van der Waals surface area contributed by atoms with Crippen LogP contribution in [-0.4, -0.2) is 48.4 Å². The van der Waals surface area contributed by atoms with Gasteiger partial charge < -0.3 is 19.1 Å². The number of hydrogen-bond donors (Lipinski definition) is 0. The first-order chi connectivity index (χ1) is 13.3. The van der Waals surface area contributed by atoms with Crippen LogP contribution < -0.4 is 4.74 Å². The van der Waals surface area contributed by atoms with Crippen molar-refractivity contribution in [2.75, 3.05) is 19.7 Å². The summed E-state index contributed by atoms with van der Waals surface area (Å²) in [6, 6.07) is 7.80. The molecule has 0 atom stereocenters. The average Bonchev–Trinajstić information content (AvgIpc) is 3.00. The van der Waals surface area contributed by atoms with Crippen molar-refractivity contribution in [2.24, 2.45) is 0 Å². The van der Waals surface area contributed by atoms with Gasteiger partial charge in [0.1, 0.15) is 11.7 Å². The number of esters is 1. The molecular formula is C21H27NO5S. The van der Waals surface area contributed by atoms with E-state index in [9.17, 15) is 9.59 Å². The fourth-order valence-electron chi connectivity index (χ4n) is 3.12. The normalized spacial score (nSPS) is 15.5. The van der Waals surface area contributed by atoms with Crippen LogP contribution >= 0.6 is 11.3 Å². The molecule has 1 aromatic carbocycles. The van der Waals surface area contributed by atoms with Crippen molar-refractivity contribution in [3.05, 3.63) is 29.1 Å². The molecule has 0 aliphatic carbocycles. The molecule has 0 spiro atoms. The third kappa shape index (κ3) is 4.76. The third-order valence-electron chi connectivity index (χ3n) is 4.39. The molecule has 2 heterocycles. The van der Waals surface area contributed by atoms with Crippen LogP contribution in [0.1, 0.15) is 50.2 Å². The molecule has 1 saturated heterocycles. The molecule has 2 aromatic rings. The molecule has 0 unspecified atom stereocenters. The lowest BCUT2D eigenvalue weighted by Gasteiger charge is -2.33. The first-order valence-electron chi connectivity index (χ1n) is 9.61. The van der Waals surface area contributed by atoms with E-state index in [1.807, 2.05) is 45.0 Å². The summed E-state index contributed by atoms with van der Waals surface area (Å²) >= 11 is 1.39. The number of likely N-dealkylation sites (tertiary alicyclic amines) is 1. The Morgan fingerprint density at radius 2 is 1.86 bits per heavy atom. The molecule has 28 heavy (non-hydrogen) atoms. The van der Waals surface area contributed by atoms with E-state index in [1.54, 1.807) is 11.8 Å². The van der Waals surface area contributed by atoms with Gasteiger partial charge in [0.25, 0.3) is 0 Å². The van der Waals surface area contributed by atoms with Crippen molar-refractivity contribution < 1.29 is 23.8 Å². The number of thiophene rings is 1. The summed E-state index contributed by atoms with van der Waals surface area (Å²) in [6.07, 6.45) is 1.01. The number of amides is 1. The number of ether oxygens (including phenoxy) is 3. The highest BCUT2D eigenvalue weighted by atomic mass is 32.1. The molecule has 152 valence electrons. The summed E-state index contributed by atoms with van der Waals surface area (Å²) in [5.74, 6) is 0.236. The SMILES string of the molecule is CCOC(=O)c1sc2ccccc2c1OC1CCN(C(=O)OC(C)(C)C)CC1. The van der Waals surface area contributed by atoms with Gasteiger partial charge in [-0.15, -0.1) is 11.3 Å². The topological polar surface area (TPSA) is 65.1 Å². The van der Waals surface area contributed by atoms with Crippen molar-refractivity contribution in [3.63, 3.8) is 0 Å². The standard InChI is InChI=1S/C21H27NO5S/c1-5-25-19(23)18-17(15-8-6-7-9-16(15)28-18)26-14-10-12-22(13-11-14)20(24)27-21(2,3)4/h6-9,14H,5,10-13H2,1-4H3. The summed E-state index contributed by atoms with van der Waals surface area (Å²) in [4.78, 5) is 26.8. The van der Waals surface area contributed by atoms with Crippen LogP contribution in [0.25, 0.3) is 10.1 Å². The molecule has 7 heteroatoms. The summed E-state index contributed by atoms with van der Waals surface area (Å²) in [5.41, 5.74) is -0.505. The van der Waals surface area contributed by atoms with Crippen LogP contribution in [0, 0.1) is 0 Å². The van der Waals surface area contributed by atoms with Gasteiger partial charge in [-0.3, -0.25) is 0 Å². The molecule has 1 aliphatic rings. The zero-order valence-electron chi connectivity index (χ0n) is 16.8. The van der Waals surface area contributed by atoms with Crippen molar-refractivity contribution in [2.45, 2.75) is 52.2 Å². The van der Waals surface area contributed by atoms with Crippen LogP contribution in [0.4, 0.5) is 4.79 Å². The van der Waals surface area contributed by atoms with E-state index < -0.39 is 5.60 Å². The first-order valence-corrected chi connectivity index (χ1v) is 10.4. The molecule has 0 radical (unpaired) electrons. The second kappa shape index (κ2) is 8.39. The highest BCUT2D eigenvalue weighted by Gasteiger charge is 2.29. The van der Waals surface area contributed by atoms with Gasteiger partial charge in [-0.25, -0.2) is 9.59 Å². The van der Waals surface area contributed by atoms with Crippen LogP contribution in [-0.2, 0) is 9.47 Å². The first kappa shape index (κ1) is 20.5. The molecule has 1 fully saturated rings. The number of fused-ring (bicyclic) bond motifs is 1. The summed E-state index contributed by atoms with van der Waals surface area (Å²) in [7, 11) is 0. The van der Waals surface area contributed by atoms with Gasteiger partial charge in [-0.05, 0) is 39.8 Å². The van der Waals surface area contributed by atoms with Crippen molar-refractivity contribution >= 4 is 33.5 Å². The Bertz CT molecular complexity index is 846. The summed E-state index contributed by atoms with van der Waals surface area (Å²) in [6.45, 7) is 8.82. The number of piperidine rings is 1. The smallest absolute Gasteiger partial charge is 0.410 e. The van der Waals surface area contributed by atoms with E-state index in [-0.39, 0.29) is 18.2 Å². The minimum absolute atomic E-state index is 0.0649. The largest absolute Gasteiger partial charge is 0.488 e. The highest BCUT2D eigenvalue weighted by Crippen LogP contribution is 2.39. The second-order valence-electron chi connectivity index (χ2n) is 7.76. The summed E-state index contributed by atoms with van der Waals surface area (Å²) in [5, 5.41) is 0.921. The Morgan fingerprint density at radius 1 is 1.18 bits per heavy atom. The van der Waals surface area contributed by atoms with Crippen LogP contribution in [0.2, 0.25) is 0 Å². The number of hydrogen-bond acceptors (Lipinski definition) is 6. The maximum absolute atomic E-state index is 12.4. The zero-order valence-corrected chi connectivity index (χ0v) is 17.6. The molecule has 0 bridgehead atoms. The Hall–Kier alpha value is -2.28. The maximum atomic E-state index is 12.4. The molecule has 1 aliphatic heterocycles. The van der Waals surface area contributed by atoms with E-state index in [0.717, 1.165) is 10.1 Å². The molecule has 0 saturated carbocycles. The Morgan fingerprint density at radius 3 is 2.50 bits per heavy atom. The lowest BCUT2D eigenvalue weighted by Crippen LogP contribution is -2.44. The molecule has 0 N–H and O–H groups in total. The third-order valence-corrected chi connectivity index (χ3v) is 5.52. The van der Waals surface area contributed by atoms with Gasteiger partial charge in [-0.1, -0.05) is 12.1 Å². The quantitative estimate of drug-likeness (QED) is 0.680. The minimum atomic E-state index is -0.505. The van der Waals surface area contributed by atoms with Crippen molar-refractivity contribution in [1.82, 2.24) is 4.90 Å². The molecule has 6 nitrogen and oxygen atoms in total. The molecule has 1 amide bonds. The number of nitrogens with zero attached hydrogens (tertiary/aromatic N) is 1. The van der Waals surface area contributed by atoms with Gasteiger partial charge in [0.2, 0.25) is 0 Å². The predicted molar refractivity (Wildman–Crippen MR) is 109 cm³/mol. The average molecular weight is 406 g/mol. The predicted octanol–water partition coefficient (Wildman–Crippen LogP) is 4.86. The Balaban J connectivity index is 1.71. The lowest BCUT2D eigenvalue weighted by molar-refractivity contribution is 0.0127. The highest BCUT2D eigenvalue weighted by molar-refractivity contribution is 7.21. The van der Waals surface area contributed by atoms with Gasteiger partial charge in [-0.2, -0.15) is 0 Å². The van der Waals surface area contributed by atoms with Crippen LogP contribution in [0.3, 0.4) is 0 Å². The Kier molecular flexibility index (Phi) is 6.13. The van der Waals surface area contributed by atoms with Crippen molar-refractivity contribution in [1.29, 1.82) is 0 Å². The van der Waals surface area contributed by atoms with Gasteiger partial charge in [0, 0.05) is 36.0 Å². The van der Waals surface area contributed by atoms with E-state index in [4.69, 9.17) is 14.2 Å². The van der Waals surface area contributed by atoms with Gasteiger partial charge >= 0.3 is 12.1 Å². The van der Waals surface area contributed by atoms with Crippen LogP contribution in [0.15, 0.2) is 24.3 Å². The van der Waals surface area contributed by atoms with E-state index in [2.05, 4.69) is 0 Å². The maximum Gasteiger partial charge on any atom is 0.410 e. The fraction of sp³-hybridized carbons (Fsp3) is 0.524. The number of benzene rings is 1. The van der Waals surface area contributed by atoms with E-state index in [0.29, 0.717) is 43.2 Å². The second-order valence-corrected chi connectivity index (χ2v) is 8.81. The monoisotopic (exact) mass is 405 g/mol. The molecule has 3 rings (SSSR count). The van der Waals surface area contributed by atoms with E-state index in [1.165, 1.54) is 11.3 Å². The van der Waals surface area contributed by atoms with Gasteiger partial charge in [0.15, 0.2) is 10.6 Å². The van der Waals surface area contributed by atoms with E-state index >= 15 is 0 Å². The fourth-order valence-corrected chi connectivity index (χ4v) is 4.15. The van der Waals surface area contributed by atoms with Crippen LogP contribution in [0.5, 0.6) is 5.75 Å². The molecule has 1 aromatic heterocycles. The zero-order chi connectivity index (χ0) is 20.3. The minimum Gasteiger partial charge on any atom is -0.488 e.